The van der Waals surface area contributed by atoms with E-state index in [9.17, 15) is 0 Å². The third-order valence-electron chi connectivity index (χ3n) is 2.47. The fraction of sp³-hybridized carbons (Fsp3) is 1.00. The fourth-order valence-corrected chi connectivity index (χ4v) is 2.23. The molecule has 5 heteroatoms. The molecular formula is C10H23EuN4. The Labute approximate surface area is 127 Å². The number of nitrogens with zero attached hydrogens (tertiary/aromatic N) is 1. The van der Waals surface area contributed by atoms with Crippen molar-refractivity contribution in [2.45, 2.75) is 12.8 Å². The van der Waals surface area contributed by atoms with Gasteiger partial charge in [0.25, 0.3) is 0 Å². The van der Waals surface area contributed by atoms with E-state index >= 15 is 0 Å². The summed E-state index contributed by atoms with van der Waals surface area (Å²) in [7, 11) is 0. The molecule has 0 aliphatic carbocycles. The van der Waals surface area contributed by atoms with E-state index in [1.807, 2.05) is 0 Å². The van der Waals surface area contributed by atoms with E-state index in [0.29, 0.717) is 0 Å². The summed E-state index contributed by atoms with van der Waals surface area (Å²) in [5.74, 6) is 0. The maximum absolute atomic E-state index is 3.48. The molecule has 0 radical (unpaired) electrons. The van der Waals surface area contributed by atoms with Gasteiger partial charge >= 0.3 is 128 Å². The first-order chi connectivity index (χ1) is 7.39. The first-order valence-corrected chi connectivity index (χ1v) is 7.01. The second kappa shape index (κ2) is 10.6. The van der Waals surface area contributed by atoms with Crippen LogP contribution in [0.3, 0.4) is 0 Å². The van der Waals surface area contributed by atoms with Gasteiger partial charge in [-0.15, -0.1) is 0 Å². The van der Waals surface area contributed by atoms with Crippen LogP contribution in [-0.2, 0) is 0 Å². The van der Waals surface area contributed by atoms with Gasteiger partial charge in [-0.05, 0) is 0 Å². The van der Waals surface area contributed by atoms with Gasteiger partial charge in [0.2, 0.25) is 0 Å². The molecule has 1 heterocycles. The molecule has 3 N–H and O–H groups in total. The monoisotopic (exact) mass is 352 g/mol. The molecule has 1 rings (SSSR count). The van der Waals surface area contributed by atoms with Crippen LogP contribution in [-0.4, -0.2) is 52.2 Å². The molecule has 4 nitrogen and oxygen atoms in total. The fourth-order valence-electron chi connectivity index (χ4n) is 1.58. The van der Waals surface area contributed by atoms with Crippen molar-refractivity contribution in [3.05, 3.63) is 0 Å². The van der Waals surface area contributed by atoms with Gasteiger partial charge in [0.1, 0.15) is 0 Å². The molecule has 0 aromatic heterocycles. The average molecular weight is 351 g/mol. The third kappa shape index (κ3) is 9.16. The molecule has 0 aromatic carbocycles. The Hall–Kier alpha value is 1.42. The van der Waals surface area contributed by atoms with Crippen molar-refractivity contribution < 1.29 is 47.5 Å². The van der Waals surface area contributed by atoms with Crippen molar-refractivity contribution in [2.24, 2.45) is 0 Å². The standard InChI is InChI=1S/C10H23N4.Eu/c1-3-11-7-9-13-5-2-6-14-10-8-12-4-1;/h11-13H,1-10H2;/q-1;+1. The zero-order valence-corrected chi connectivity index (χ0v) is 11.8. The Morgan fingerprint density at radius 2 is 1.27 bits per heavy atom. The average Bonchev–Trinajstić information content (AvgIpc) is 2.24. The Morgan fingerprint density at radius 3 is 2.00 bits per heavy atom. The van der Waals surface area contributed by atoms with Gasteiger partial charge in [0.15, 0.2) is 0 Å². The second-order valence-electron chi connectivity index (χ2n) is 3.87. The second-order valence-corrected chi connectivity index (χ2v) is 5.40. The molecular weight excluding hydrogens is 328 g/mol. The first-order valence-electron chi connectivity index (χ1n) is 5.92. The van der Waals surface area contributed by atoms with Crippen LogP contribution >= 0.6 is 0 Å². The van der Waals surface area contributed by atoms with E-state index in [1.165, 1.54) is 25.9 Å². The Kier molecular flexibility index (Phi) is 10.2. The van der Waals surface area contributed by atoms with Gasteiger partial charge < -0.3 is 0 Å². The van der Waals surface area contributed by atoms with Gasteiger partial charge in [-0.25, -0.2) is 0 Å². The van der Waals surface area contributed by atoms with E-state index in [4.69, 9.17) is 0 Å². The molecule has 0 spiro atoms. The Balaban J connectivity index is 2.10. The van der Waals surface area contributed by atoms with Crippen LogP contribution in [0, 0.1) is 47.5 Å². The topological polar surface area (TPSA) is 39.3 Å². The van der Waals surface area contributed by atoms with Crippen LogP contribution in [0.1, 0.15) is 12.8 Å². The van der Waals surface area contributed by atoms with Crippen molar-refractivity contribution in [3.8, 4) is 0 Å². The normalized spacial score (nSPS) is 24.6. The number of rotatable bonds is 0. The molecule has 1 aliphatic rings. The summed E-state index contributed by atoms with van der Waals surface area (Å²) in [6.07, 6.45) is 2.49. The van der Waals surface area contributed by atoms with E-state index in [-0.39, 0.29) is 0 Å². The predicted octanol–water partition coefficient (Wildman–Crippen LogP) is -0.685. The van der Waals surface area contributed by atoms with Crippen molar-refractivity contribution in [1.29, 1.82) is 0 Å². The summed E-state index contributed by atoms with van der Waals surface area (Å²) in [6.45, 7) is 9.15. The van der Waals surface area contributed by atoms with Gasteiger partial charge in [-0.2, -0.15) is 0 Å². The SMILES string of the molecule is [Eu][N]1CCCNCCNCCCNCC1. The molecule has 0 atom stereocenters. The van der Waals surface area contributed by atoms with Gasteiger partial charge in [-0.3, -0.25) is 0 Å². The van der Waals surface area contributed by atoms with Crippen molar-refractivity contribution in [1.82, 2.24) is 15.8 Å². The molecule has 0 saturated carbocycles. The summed E-state index contributed by atoms with van der Waals surface area (Å²) in [5.41, 5.74) is 0. The minimum absolute atomic E-state index is 1.10. The molecule has 1 fully saturated rings. The maximum atomic E-state index is 3.48. The first kappa shape index (κ1) is 14.5. The molecule has 1 saturated heterocycles. The van der Waals surface area contributed by atoms with Gasteiger partial charge in [-0.1, -0.05) is 0 Å². The summed E-state index contributed by atoms with van der Waals surface area (Å²) >= 11 is 1.80. The number of hydrogen-bond acceptors (Lipinski definition) is 4. The zero-order valence-electron chi connectivity index (χ0n) is 9.40. The van der Waals surface area contributed by atoms with E-state index in [0.717, 1.165) is 39.3 Å². The van der Waals surface area contributed by atoms with Crippen molar-refractivity contribution in [3.63, 3.8) is 0 Å². The number of hydrogen-bond donors (Lipinski definition) is 3. The quantitative estimate of drug-likeness (QED) is 0.541. The summed E-state index contributed by atoms with van der Waals surface area (Å²) in [5, 5.41) is 10.4. The molecule has 90 valence electrons. The van der Waals surface area contributed by atoms with Crippen molar-refractivity contribution in [2.75, 3.05) is 52.4 Å². The summed E-state index contributed by atoms with van der Waals surface area (Å²) in [4.78, 5) is 0. The number of nitrogens with one attached hydrogen (secondary N) is 3. The summed E-state index contributed by atoms with van der Waals surface area (Å²) < 4.78 is 2.46. The van der Waals surface area contributed by atoms with E-state index < -0.39 is 0 Å². The van der Waals surface area contributed by atoms with E-state index in [1.54, 1.807) is 47.5 Å². The molecule has 0 amide bonds. The van der Waals surface area contributed by atoms with Crippen LogP contribution in [0.5, 0.6) is 0 Å². The molecule has 0 bridgehead atoms. The van der Waals surface area contributed by atoms with Crippen LogP contribution in [0.15, 0.2) is 0 Å². The van der Waals surface area contributed by atoms with E-state index in [2.05, 4.69) is 15.8 Å². The van der Waals surface area contributed by atoms with Crippen LogP contribution in [0.2, 0.25) is 0 Å². The molecule has 0 unspecified atom stereocenters. The van der Waals surface area contributed by atoms with Gasteiger partial charge in [0, 0.05) is 0 Å². The van der Waals surface area contributed by atoms with Crippen LogP contribution < -0.4 is 16.0 Å². The van der Waals surface area contributed by atoms with Crippen LogP contribution in [0.4, 0.5) is 0 Å². The molecule has 15 heavy (non-hydrogen) atoms. The zero-order chi connectivity index (χ0) is 10.8. The Bertz CT molecular complexity index is 131. The third-order valence-corrected chi connectivity index (χ3v) is 3.56. The van der Waals surface area contributed by atoms with Crippen molar-refractivity contribution >= 4 is 0 Å². The summed E-state index contributed by atoms with van der Waals surface area (Å²) in [6, 6.07) is 0. The Morgan fingerprint density at radius 1 is 0.667 bits per heavy atom. The predicted molar refractivity (Wildman–Crippen MR) is 59.4 cm³/mol. The molecule has 1 aliphatic heterocycles. The minimum atomic E-state index is 1.10. The molecule has 0 aromatic rings. The van der Waals surface area contributed by atoms with Crippen LogP contribution in [0.25, 0.3) is 0 Å². The van der Waals surface area contributed by atoms with Gasteiger partial charge in [0.05, 0.1) is 0 Å².